The minimum Gasteiger partial charge on any atom is -0.338 e. The van der Waals surface area contributed by atoms with Crippen LogP contribution in [-0.4, -0.2) is 39.1 Å². The van der Waals surface area contributed by atoms with E-state index in [2.05, 4.69) is 15.2 Å². The number of aryl methyl sites for hydroxylation is 1. The molecule has 3 aromatic rings. The van der Waals surface area contributed by atoms with Gasteiger partial charge < -0.3 is 4.90 Å². The number of carbonyl (C=O) groups excluding carboxylic acids is 1. The summed E-state index contributed by atoms with van der Waals surface area (Å²) in [5, 5.41) is 7.44. The zero-order chi connectivity index (χ0) is 17.9. The normalized spacial score (nSPS) is 17.3. The molecular weight excluding hydrogens is 324 g/mol. The van der Waals surface area contributed by atoms with Crippen LogP contribution in [-0.2, 0) is 0 Å². The highest BCUT2D eigenvalue weighted by Gasteiger charge is 2.27. The van der Waals surface area contributed by atoms with E-state index in [9.17, 15) is 4.79 Å². The average molecular weight is 346 g/mol. The number of carbonyl (C=O) groups is 1. The van der Waals surface area contributed by atoms with E-state index >= 15 is 0 Å². The molecule has 2 aromatic carbocycles. The molecule has 5 heteroatoms. The summed E-state index contributed by atoms with van der Waals surface area (Å²) < 4.78 is 0. The van der Waals surface area contributed by atoms with Gasteiger partial charge in [0, 0.05) is 30.1 Å². The molecule has 1 amide bonds. The first kappa shape index (κ1) is 16.5. The monoisotopic (exact) mass is 346 g/mol. The fourth-order valence-electron chi connectivity index (χ4n) is 3.44. The Hall–Kier alpha value is -2.95. The molecule has 1 aromatic heterocycles. The van der Waals surface area contributed by atoms with Crippen molar-refractivity contribution in [3.63, 3.8) is 0 Å². The zero-order valence-corrected chi connectivity index (χ0v) is 14.9. The van der Waals surface area contributed by atoms with Crippen LogP contribution >= 0.6 is 0 Å². The van der Waals surface area contributed by atoms with E-state index in [-0.39, 0.29) is 11.8 Å². The number of rotatable bonds is 3. The Morgan fingerprint density at radius 3 is 2.65 bits per heavy atom. The Balaban J connectivity index is 1.49. The summed E-state index contributed by atoms with van der Waals surface area (Å²) >= 11 is 0. The first-order valence-electron chi connectivity index (χ1n) is 9.04. The van der Waals surface area contributed by atoms with Crippen molar-refractivity contribution >= 4 is 5.91 Å². The highest BCUT2D eigenvalue weighted by Crippen LogP contribution is 2.27. The molecule has 1 fully saturated rings. The maximum absolute atomic E-state index is 12.8. The van der Waals surface area contributed by atoms with Crippen LogP contribution in [0.3, 0.4) is 0 Å². The highest BCUT2D eigenvalue weighted by molar-refractivity contribution is 5.94. The van der Waals surface area contributed by atoms with Crippen molar-refractivity contribution in [2.45, 2.75) is 25.7 Å². The number of piperidine rings is 1. The minimum atomic E-state index is 0.0949. The molecule has 5 nitrogen and oxygen atoms in total. The lowest BCUT2D eigenvalue weighted by atomic mass is 9.96. The van der Waals surface area contributed by atoms with Crippen LogP contribution in [0.4, 0.5) is 0 Å². The average Bonchev–Trinajstić information content (AvgIpc) is 3.19. The molecule has 0 spiro atoms. The predicted octanol–water partition coefficient (Wildman–Crippen LogP) is 3.80. The first-order valence-corrected chi connectivity index (χ1v) is 9.04. The van der Waals surface area contributed by atoms with Crippen molar-refractivity contribution in [1.29, 1.82) is 0 Å². The number of H-pyrrole nitrogens is 1. The molecule has 26 heavy (non-hydrogen) atoms. The van der Waals surface area contributed by atoms with Gasteiger partial charge in [0.1, 0.15) is 5.82 Å². The number of nitrogens with zero attached hydrogens (tertiary/aromatic N) is 3. The molecule has 1 aliphatic heterocycles. The van der Waals surface area contributed by atoms with Crippen LogP contribution in [0.25, 0.3) is 11.4 Å². The van der Waals surface area contributed by atoms with Gasteiger partial charge in [-0.2, -0.15) is 5.10 Å². The maximum Gasteiger partial charge on any atom is 0.253 e. The predicted molar refractivity (Wildman–Crippen MR) is 101 cm³/mol. The Bertz CT molecular complexity index is 886. The van der Waals surface area contributed by atoms with E-state index in [1.54, 1.807) is 0 Å². The molecule has 0 radical (unpaired) electrons. The molecule has 0 bridgehead atoms. The van der Waals surface area contributed by atoms with Crippen LogP contribution in [0, 0.1) is 6.92 Å². The van der Waals surface area contributed by atoms with Crippen LogP contribution < -0.4 is 0 Å². The van der Waals surface area contributed by atoms with Gasteiger partial charge in [-0.15, -0.1) is 0 Å². The van der Waals surface area contributed by atoms with E-state index in [4.69, 9.17) is 0 Å². The third kappa shape index (κ3) is 3.38. The summed E-state index contributed by atoms with van der Waals surface area (Å²) in [7, 11) is 0. The van der Waals surface area contributed by atoms with Crippen molar-refractivity contribution in [2.75, 3.05) is 13.1 Å². The third-order valence-electron chi connectivity index (χ3n) is 4.93. The van der Waals surface area contributed by atoms with E-state index in [1.807, 2.05) is 66.4 Å². The van der Waals surface area contributed by atoms with E-state index in [0.29, 0.717) is 12.4 Å². The molecule has 2 heterocycles. The van der Waals surface area contributed by atoms with Gasteiger partial charge in [0.25, 0.3) is 5.91 Å². The van der Waals surface area contributed by atoms with Crippen LogP contribution in [0.15, 0.2) is 54.6 Å². The number of benzene rings is 2. The van der Waals surface area contributed by atoms with Gasteiger partial charge in [0.15, 0.2) is 5.82 Å². The van der Waals surface area contributed by atoms with Crippen molar-refractivity contribution in [3.8, 4) is 11.4 Å². The zero-order valence-electron chi connectivity index (χ0n) is 14.9. The fourth-order valence-corrected chi connectivity index (χ4v) is 3.44. The molecule has 1 atom stereocenters. The molecule has 4 rings (SSSR count). The maximum atomic E-state index is 12.8. The number of hydrogen-bond donors (Lipinski definition) is 1. The van der Waals surface area contributed by atoms with Gasteiger partial charge in [-0.05, 0) is 31.9 Å². The Morgan fingerprint density at radius 2 is 1.88 bits per heavy atom. The number of hydrogen-bond acceptors (Lipinski definition) is 3. The third-order valence-corrected chi connectivity index (χ3v) is 4.93. The van der Waals surface area contributed by atoms with Crippen molar-refractivity contribution in [2.24, 2.45) is 0 Å². The summed E-state index contributed by atoms with van der Waals surface area (Å²) in [5.74, 6) is 1.87. The second-order valence-electron chi connectivity index (χ2n) is 6.87. The summed E-state index contributed by atoms with van der Waals surface area (Å²) in [4.78, 5) is 19.4. The van der Waals surface area contributed by atoms with Crippen LogP contribution in [0.5, 0.6) is 0 Å². The molecule has 1 unspecified atom stereocenters. The second kappa shape index (κ2) is 7.12. The largest absolute Gasteiger partial charge is 0.338 e. The number of nitrogens with one attached hydrogen (secondary N) is 1. The highest BCUT2D eigenvalue weighted by atomic mass is 16.2. The lowest BCUT2D eigenvalue weighted by Gasteiger charge is -2.31. The molecular formula is C21H22N4O. The Kier molecular flexibility index (Phi) is 4.52. The lowest BCUT2D eigenvalue weighted by Crippen LogP contribution is -2.39. The quantitative estimate of drug-likeness (QED) is 0.785. The van der Waals surface area contributed by atoms with Gasteiger partial charge in [0.2, 0.25) is 0 Å². The summed E-state index contributed by atoms with van der Waals surface area (Å²) in [6.07, 6.45) is 1.99. The van der Waals surface area contributed by atoms with Gasteiger partial charge in [-0.25, -0.2) is 4.98 Å². The van der Waals surface area contributed by atoms with Crippen LogP contribution in [0.2, 0.25) is 0 Å². The fraction of sp³-hybridized carbons (Fsp3) is 0.286. The van der Waals surface area contributed by atoms with Crippen molar-refractivity contribution < 1.29 is 4.79 Å². The van der Waals surface area contributed by atoms with Gasteiger partial charge >= 0.3 is 0 Å². The number of amides is 1. The second-order valence-corrected chi connectivity index (χ2v) is 6.87. The summed E-state index contributed by atoms with van der Waals surface area (Å²) in [5.41, 5.74) is 2.91. The van der Waals surface area contributed by atoms with Crippen LogP contribution in [0.1, 0.15) is 40.5 Å². The van der Waals surface area contributed by atoms with Crippen molar-refractivity contribution in [1.82, 2.24) is 20.1 Å². The molecule has 1 aliphatic rings. The Morgan fingerprint density at radius 1 is 1.12 bits per heavy atom. The smallest absolute Gasteiger partial charge is 0.253 e. The standard InChI is InChI=1S/C21H22N4O/c1-15-9-11-17(12-10-15)21(26)25-13-5-8-18(14-25)20-22-19(23-24-20)16-6-3-2-4-7-16/h2-4,6-7,9-12,18H,5,8,13-14H2,1H3,(H,22,23,24). The molecule has 1 N–H and O–H groups in total. The molecule has 0 aliphatic carbocycles. The summed E-state index contributed by atoms with van der Waals surface area (Å²) in [6, 6.07) is 17.7. The first-order chi connectivity index (χ1) is 12.7. The van der Waals surface area contributed by atoms with E-state index < -0.39 is 0 Å². The molecule has 1 saturated heterocycles. The molecule has 0 saturated carbocycles. The minimum absolute atomic E-state index is 0.0949. The molecule has 132 valence electrons. The van der Waals surface area contributed by atoms with E-state index in [1.165, 1.54) is 0 Å². The number of aromatic amines is 1. The number of aromatic nitrogens is 3. The SMILES string of the molecule is Cc1ccc(C(=O)N2CCCC(c3nc(-c4ccccc4)n[nH]3)C2)cc1. The Labute approximate surface area is 153 Å². The topological polar surface area (TPSA) is 61.9 Å². The van der Waals surface area contributed by atoms with Crippen molar-refractivity contribution in [3.05, 3.63) is 71.5 Å². The van der Waals surface area contributed by atoms with Gasteiger partial charge in [0.05, 0.1) is 0 Å². The lowest BCUT2D eigenvalue weighted by molar-refractivity contribution is 0.0704. The van der Waals surface area contributed by atoms with E-state index in [0.717, 1.165) is 41.9 Å². The summed E-state index contributed by atoms with van der Waals surface area (Å²) in [6.45, 7) is 3.50. The van der Waals surface area contributed by atoms with Gasteiger partial charge in [-0.3, -0.25) is 9.89 Å². The van der Waals surface area contributed by atoms with Gasteiger partial charge in [-0.1, -0.05) is 48.0 Å². The number of likely N-dealkylation sites (tertiary alicyclic amines) is 1.